The van der Waals surface area contributed by atoms with E-state index in [1.165, 1.54) is 16.8 Å². The van der Waals surface area contributed by atoms with Crippen LogP contribution in [0, 0.1) is 0 Å². The fourth-order valence-corrected chi connectivity index (χ4v) is 2.91. The highest BCUT2D eigenvalue weighted by atomic mass is 16.5. The van der Waals surface area contributed by atoms with Crippen molar-refractivity contribution in [2.75, 3.05) is 20.3 Å². The molecule has 1 aliphatic heterocycles. The number of aromatic nitrogens is 3. The second kappa shape index (κ2) is 5.73. The van der Waals surface area contributed by atoms with E-state index in [9.17, 15) is 0 Å². The van der Waals surface area contributed by atoms with Gasteiger partial charge in [-0.25, -0.2) is 0 Å². The highest BCUT2D eigenvalue weighted by molar-refractivity contribution is 5.26. The maximum Gasteiger partial charge on any atom is 0.0800 e. The summed E-state index contributed by atoms with van der Waals surface area (Å²) in [5, 5.41) is 4.58. The van der Waals surface area contributed by atoms with Crippen LogP contribution in [0.25, 0.3) is 0 Å². The van der Waals surface area contributed by atoms with E-state index in [4.69, 9.17) is 4.74 Å². The van der Waals surface area contributed by atoms with Crippen molar-refractivity contribution in [1.82, 2.24) is 19.7 Å². The molecular formula is C15H20N4O. The van der Waals surface area contributed by atoms with Crippen LogP contribution in [0.3, 0.4) is 0 Å². The van der Waals surface area contributed by atoms with Gasteiger partial charge in [-0.1, -0.05) is 0 Å². The number of fused-ring (bicyclic) bond motifs is 1. The molecule has 0 fully saturated rings. The van der Waals surface area contributed by atoms with Gasteiger partial charge in [0.05, 0.1) is 12.3 Å². The zero-order valence-corrected chi connectivity index (χ0v) is 12.0. The first-order valence-electron chi connectivity index (χ1n) is 6.89. The molecule has 0 N–H and O–H groups in total. The molecule has 106 valence electrons. The fourth-order valence-electron chi connectivity index (χ4n) is 2.91. The van der Waals surface area contributed by atoms with Crippen LogP contribution in [0.2, 0.25) is 0 Å². The Hall–Kier alpha value is -1.72. The Balaban J connectivity index is 1.79. The quantitative estimate of drug-likeness (QED) is 0.847. The smallest absolute Gasteiger partial charge is 0.0800 e. The van der Waals surface area contributed by atoms with E-state index < -0.39 is 0 Å². The second-order valence-electron chi connectivity index (χ2n) is 5.38. The van der Waals surface area contributed by atoms with Gasteiger partial charge >= 0.3 is 0 Å². The van der Waals surface area contributed by atoms with E-state index in [0.717, 1.165) is 26.2 Å². The number of pyridine rings is 1. The van der Waals surface area contributed by atoms with Crippen molar-refractivity contribution in [3.63, 3.8) is 0 Å². The Bertz CT molecular complexity index is 567. The highest BCUT2D eigenvalue weighted by Gasteiger charge is 2.27. The van der Waals surface area contributed by atoms with Crippen LogP contribution in [0.5, 0.6) is 0 Å². The SMILES string of the molecule is COC[C@@H]1CN(Cc2ccncc2)Cc2nn(C)cc21. The predicted octanol–water partition coefficient (Wildman–Crippen LogP) is 1.56. The maximum absolute atomic E-state index is 5.37. The Morgan fingerprint density at radius 1 is 1.35 bits per heavy atom. The number of rotatable bonds is 4. The number of aryl methyl sites for hydroxylation is 1. The molecule has 3 heterocycles. The lowest BCUT2D eigenvalue weighted by atomic mass is 9.95. The molecule has 0 radical (unpaired) electrons. The van der Waals surface area contributed by atoms with Crippen molar-refractivity contribution in [3.05, 3.63) is 47.5 Å². The van der Waals surface area contributed by atoms with Gasteiger partial charge in [0, 0.05) is 63.9 Å². The Kier molecular flexibility index (Phi) is 3.80. The summed E-state index contributed by atoms with van der Waals surface area (Å²) in [6.07, 6.45) is 5.82. The first-order valence-corrected chi connectivity index (χ1v) is 6.89. The fraction of sp³-hybridized carbons (Fsp3) is 0.467. The van der Waals surface area contributed by atoms with Crippen LogP contribution in [0.4, 0.5) is 0 Å². The third-order valence-electron chi connectivity index (χ3n) is 3.75. The number of hydrogen-bond donors (Lipinski definition) is 0. The zero-order chi connectivity index (χ0) is 13.9. The van der Waals surface area contributed by atoms with Gasteiger partial charge in [0.25, 0.3) is 0 Å². The molecule has 5 nitrogen and oxygen atoms in total. The molecule has 1 aliphatic rings. The predicted molar refractivity (Wildman–Crippen MR) is 76.2 cm³/mol. The summed E-state index contributed by atoms with van der Waals surface area (Å²) in [5.41, 5.74) is 3.80. The minimum absolute atomic E-state index is 0.402. The van der Waals surface area contributed by atoms with Gasteiger partial charge in [-0.3, -0.25) is 14.6 Å². The number of methoxy groups -OCH3 is 1. The summed E-state index contributed by atoms with van der Waals surface area (Å²) in [5.74, 6) is 0.402. The van der Waals surface area contributed by atoms with Crippen LogP contribution in [-0.2, 0) is 24.9 Å². The van der Waals surface area contributed by atoms with Crippen molar-refractivity contribution >= 4 is 0 Å². The van der Waals surface area contributed by atoms with Gasteiger partial charge in [-0.15, -0.1) is 0 Å². The van der Waals surface area contributed by atoms with Gasteiger partial charge in [-0.05, 0) is 17.7 Å². The van der Waals surface area contributed by atoms with Gasteiger partial charge < -0.3 is 4.74 Å². The standard InChI is InChI=1S/C15H20N4O/c1-18-9-14-13(11-20-2)8-19(10-15(14)17-18)7-12-3-5-16-6-4-12/h3-6,9,13H,7-8,10-11H2,1-2H3/t13-/m0/s1. The first-order chi connectivity index (χ1) is 9.76. The Morgan fingerprint density at radius 3 is 2.90 bits per heavy atom. The van der Waals surface area contributed by atoms with Crippen molar-refractivity contribution in [2.45, 2.75) is 19.0 Å². The third-order valence-corrected chi connectivity index (χ3v) is 3.75. The second-order valence-corrected chi connectivity index (χ2v) is 5.38. The molecule has 3 rings (SSSR count). The van der Waals surface area contributed by atoms with Crippen LogP contribution in [-0.4, -0.2) is 39.9 Å². The van der Waals surface area contributed by atoms with Gasteiger partial charge in [0.2, 0.25) is 0 Å². The summed E-state index contributed by atoms with van der Waals surface area (Å²) in [7, 11) is 3.74. The van der Waals surface area contributed by atoms with Crippen molar-refractivity contribution in [3.8, 4) is 0 Å². The molecule has 0 aromatic carbocycles. The largest absolute Gasteiger partial charge is 0.384 e. The molecule has 2 aromatic rings. The van der Waals surface area contributed by atoms with E-state index in [2.05, 4.69) is 33.3 Å². The monoisotopic (exact) mass is 272 g/mol. The maximum atomic E-state index is 5.37. The minimum Gasteiger partial charge on any atom is -0.384 e. The molecule has 0 spiro atoms. The van der Waals surface area contributed by atoms with Crippen LogP contribution in [0.15, 0.2) is 30.7 Å². The summed E-state index contributed by atoms with van der Waals surface area (Å²) in [6, 6.07) is 4.14. The van der Waals surface area contributed by atoms with E-state index >= 15 is 0 Å². The topological polar surface area (TPSA) is 43.2 Å². The van der Waals surface area contributed by atoms with E-state index in [1.807, 2.05) is 24.1 Å². The van der Waals surface area contributed by atoms with E-state index in [1.54, 1.807) is 7.11 Å². The lowest BCUT2D eigenvalue weighted by molar-refractivity contribution is 0.135. The molecule has 0 bridgehead atoms. The van der Waals surface area contributed by atoms with E-state index in [-0.39, 0.29) is 0 Å². The molecule has 0 unspecified atom stereocenters. The average Bonchev–Trinajstić information content (AvgIpc) is 2.81. The summed E-state index contributed by atoms with van der Waals surface area (Å²) in [4.78, 5) is 6.49. The first kappa shape index (κ1) is 13.3. The van der Waals surface area contributed by atoms with Crippen molar-refractivity contribution in [2.24, 2.45) is 7.05 Å². The van der Waals surface area contributed by atoms with Gasteiger partial charge in [0.1, 0.15) is 0 Å². The van der Waals surface area contributed by atoms with Crippen LogP contribution in [0.1, 0.15) is 22.7 Å². The minimum atomic E-state index is 0.402. The molecule has 20 heavy (non-hydrogen) atoms. The molecule has 0 amide bonds. The molecule has 1 atom stereocenters. The van der Waals surface area contributed by atoms with Crippen molar-refractivity contribution < 1.29 is 4.74 Å². The highest BCUT2D eigenvalue weighted by Crippen LogP contribution is 2.28. The van der Waals surface area contributed by atoms with Crippen LogP contribution < -0.4 is 0 Å². The molecule has 0 aliphatic carbocycles. The molecule has 5 heteroatoms. The summed E-state index contributed by atoms with van der Waals surface area (Å²) >= 11 is 0. The Labute approximate surface area is 119 Å². The lowest BCUT2D eigenvalue weighted by Crippen LogP contribution is -2.34. The van der Waals surface area contributed by atoms with Crippen LogP contribution >= 0.6 is 0 Å². The zero-order valence-electron chi connectivity index (χ0n) is 12.0. The normalized spacial score (nSPS) is 19.0. The molecule has 2 aromatic heterocycles. The van der Waals surface area contributed by atoms with E-state index in [0.29, 0.717) is 5.92 Å². The third kappa shape index (κ3) is 2.73. The molecule has 0 saturated heterocycles. The molecular weight excluding hydrogens is 252 g/mol. The van der Waals surface area contributed by atoms with Gasteiger partial charge in [-0.2, -0.15) is 5.10 Å². The number of nitrogens with zero attached hydrogens (tertiary/aromatic N) is 4. The van der Waals surface area contributed by atoms with Crippen molar-refractivity contribution in [1.29, 1.82) is 0 Å². The summed E-state index contributed by atoms with van der Waals surface area (Å²) < 4.78 is 7.28. The Morgan fingerprint density at radius 2 is 2.15 bits per heavy atom. The number of ether oxygens (including phenoxy) is 1. The molecule has 0 saturated carbocycles. The van der Waals surface area contributed by atoms with Gasteiger partial charge in [0.15, 0.2) is 0 Å². The number of hydrogen-bond acceptors (Lipinski definition) is 4. The lowest BCUT2D eigenvalue weighted by Gasteiger charge is -2.31. The average molecular weight is 272 g/mol. The summed E-state index contributed by atoms with van der Waals surface area (Å²) in [6.45, 7) is 3.58.